The highest BCUT2D eigenvalue weighted by molar-refractivity contribution is 7.17. The lowest BCUT2D eigenvalue weighted by Gasteiger charge is -2.11. The van der Waals surface area contributed by atoms with Crippen molar-refractivity contribution in [2.75, 3.05) is 19.5 Å². The van der Waals surface area contributed by atoms with Crippen LogP contribution in [0.25, 0.3) is 16.0 Å². The molecule has 0 unspecified atom stereocenters. The summed E-state index contributed by atoms with van der Waals surface area (Å²) < 4.78 is 14.8. The zero-order valence-corrected chi connectivity index (χ0v) is 19.1. The Morgan fingerprint density at radius 1 is 1.19 bits per heavy atom. The number of nitrogens with one attached hydrogen (secondary N) is 1. The molecule has 10 heteroatoms. The Kier molecular flexibility index (Phi) is 6.40. The van der Waals surface area contributed by atoms with Gasteiger partial charge >= 0.3 is 0 Å². The smallest absolute Gasteiger partial charge is 0.272 e. The molecule has 4 rings (SSSR count). The highest BCUT2D eigenvalue weighted by Crippen LogP contribution is 2.29. The molecule has 3 heterocycles. The molecule has 1 aromatic carbocycles. The molecule has 0 fully saturated rings. The fourth-order valence-corrected chi connectivity index (χ4v) is 4.51. The van der Waals surface area contributed by atoms with E-state index in [0.717, 1.165) is 17.8 Å². The van der Waals surface area contributed by atoms with Crippen molar-refractivity contribution in [3.63, 3.8) is 0 Å². The van der Waals surface area contributed by atoms with Crippen molar-refractivity contribution in [1.82, 2.24) is 19.2 Å². The minimum absolute atomic E-state index is 0.0314. The normalized spacial score (nSPS) is 11.2. The van der Waals surface area contributed by atoms with Crippen LogP contribution in [-0.4, -0.2) is 39.3 Å². The highest BCUT2D eigenvalue weighted by Gasteiger charge is 2.17. The fraction of sp³-hybridized carbons (Fsp3) is 0.364. The molecule has 9 nitrogen and oxygen atoms in total. The summed E-state index contributed by atoms with van der Waals surface area (Å²) >= 11 is 1.42. The van der Waals surface area contributed by atoms with Crippen LogP contribution in [0.5, 0.6) is 11.5 Å². The number of thiophene rings is 1. The summed E-state index contributed by atoms with van der Waals surface area (Å²) in [5.41, 5.74) is 1.38. The minimum atomic E-state index is -0.120. The molecular weight excluding hydrogens is 430 g/mol. The molecule has 3 aromatic heterocycles. The number of ether oxygens (including phenoxy) is 2. The molecule has 1 amide bonds. The average molecular weight is 456 g/mol. The molecule has 0 aliphatic rings. The van der Waals surface area contributed by atoms with Crippen LogP contribution in [0.2, 0.25) is 0 Å². The van der Waals surface area contributed by atoms with E-state index in [-0.39, 0.29) is 11.5 Å². The van der Waals surface area contributed by atoms with E-state index in [0.29, 0.717) is 53.5 Å². The molecule has 4 aromatic rings. The number of carbonyl (C=O) groups excluding carboxylic acids is 1. The number of carbonyl (C=O) groups is 1. The Hall–Kier alpha value is -3.40. The first-order valence-corrected chi connectivity index (χ1v) is 11.3. The quantitative estimate of drug-likeness (QED) is 0.415. The Bertz CT molecular complexity index is 1320. The van der Waals surface area contributed by atoms with Crippen LogP contribution in [0, 0.1) is 0 Å². The number of amides is 1. The number of hydrogen-bond acceptors (Lipinski definition) is 7. The lowest BCUT2D eigenvalue weighted by molar-refractivity contribution is -0.116. The Labute approximate surface area is 188 Å². The molecule has 0 spiro atoms. The molecule has 0 aliphatic heterocycles. The number of methoxy groups -OCH3 is 2. The van der Waals surface area contributed by atoms with E-state index in [1.54, 1.807) is 37.0 Å². The fourth-order valence-electron chi connectivity index (χ4n) is 3.69. The monoisotopic (exact) mass is 455 g/mol. The Balaban J connectivity index is 1.50. The Morgan fingerprint density at radius 2 is 2.03 bits per heavy atom. The minimum Gasteiger partial charge on any atom is -0.497 e. The van der Waals surface area contributed by atoms with Gasteiger partial charge in [0.15, 0.2) is 0 Å². The standard InChI is InChI=1S/C22H25N5O4S/c1-4-11-26-21(29)20-16(10-12-32-20)27-18(24-25-22(26)27)6-5-7-19(28)23-15-9-8-14(30-2)13-17(15)31-3/h8-10,12-13H,4-7,11H2,1-3H3,(H,23,28). The van der Waals surface area contributed by atoms with Gasteiger partial charge < -0.3 is 14.8 Å². The van der Waals surface area contributed by atoms with Gasteiger partial charge in [0.05, 0.1) is 25.4 Å². The molecular formula is C22H25N5O4S. The van der Waals surface area contributed by atoms with Gasteiger partial charge in [0.2, 0.25) is 11.7 Å². The number of aromatic nitrogens is 4. The van der Waals surface area contributed by atoms with Crippen molar-refractivity contribution in [3.8, 4) is 11.5 Å². The molecule has 0 atom stereocenters. The molecule has 0 aliphatic carbocycles. The van der Waals surface area contributed by atoms with Crippen molar-refractivity contribution in [1.29, 1.82) is 0 Å². The van der Waals surface area contributed by atoms with Gasteiger partial charge in [0.1, 0.15) is 22.0 Å². The van der Waals surface area contributed by atoms with Gasteiger partial charge in [-0.1, -0.05) is 6.92 Å². The first-order chi connectivity index (χ1) is 15.6. The first kappa shape index (κ1) is 21.8. The molecule has 1 N–H and O–H groups in total. The lowest BCUT2D eigenvalue weighted by Crippen LogP contribution is -2.22. The maximum Gasteiger partial charge on any atom is 0.272 e. The topological polar surface area (TPSA) is 99.8 Å². The number of aryl methyl sites for hydroxylation is 2. The second-order valence-electron chi connectivity index (χ2n) is 7.31. The van der Waals surface area contributed by atoms with Gasteiger partial charge in [-0.25, -0.2) is 0 Å². The van der Waals surface area contributed by atoms with Crippen LogP contribution in [0.3, 0.4) is 0 Å². The van der Waals surface area contributed by atoms with Gasteiger partial charge in [-0.2, -0.15) is 0 Å². The van der Waals surface area contributed by atoms with E-state index in [9.17, 15) is 9.59 Å². The van der Waals surface area contributed by atoms with Gasteiger partial charge in [-0.3, -0.25) is 18.6 Å². The summed E-state index contributed by atoms with van der Waals surface area (Å²) in [6.45, 7) is 2.61. The van der Waals surface area contributed by atoms with Gasteiger partial charge in [-0.15, -0.1) is 21.5 Å². The van der Waals surface area contributed by atoms with E-state index < -0.39 is 0 Å². The zero-order valence-electron chi connectivity index (χ0n) is 18.3. The second-order valence-corrected chi connectivity index (χ2v) is 8.23. The summed E-state index contributed by atoms with van der Waals surface area (Å²) in [6.07, 6.45) is 2.28. The predicted octanol–water partition coefficient (Wildman–Crippen LogP) is 3.49. The van der Waals surface area contributed by atoms with E-state index in [1.165, 1.54) is 11.3 Å². The summed E-state index contributed by atoms with van der Waals surface area (Å²) in [6, 6.07) is 7.16. The summed E-state index contributed by atoms with van der Waals surface area (Å²) in [7, 11) is 3.12. The number of fused-ring (bicyclic) bond motifs is 3. The predicted molar refractivity (Wildman–Crippen MR) is 124 cm³/mol. The SMILES string of the molecule is CCCn1c(=O)c2sccc2n2c(CCCC(=O)Nc3ccc(OC)cc3OC)nnc12. The maximum absolute atomic E-state index is 12.8. The van der Waals surface area contributed by atoms with E-state index in [4.69, 9.17) is 9.47 Å². The van der Waals surface area contributed by atoms with Crippen molar-refractivity contribution < 1.29 is 14.3 Å². The third-order valence-corrected chi connectivity index (χ3v) is 6.10. The van der Waals surface area contributed by atoms with Crippen LogP contribution in [0.1, 0.15) is 32.0 Å². The number of nitrogens with zero attached hydrogens (tertiary/aromatic N) is 4. The van der Waals surface area contributed by atoms with Gasteiger partial charge in [0, 0.05) is 25.5 Å². The average Bonchev–Trinajstić information content (AvgIpc) is 3.44. The number of rotatable bonds is 9. The van der Waals surface area contributed by atoms with E-state index >= 15 is 0 Å². The van der Waals surface area contributed by atoms with Crippen LogP contribution in [0.4, 0.5) is 5.69 Å². The maximum atomic E-state index is 12.8. The number of benzene rings is 1. The molecule has 32 heavy (non-hydrogen) atoms. The third kappa shape index (κ3) is 4.05. The van der Waals surface area contributed by atoms with Crippen LogP contribution in [0.15, 0.2) is 34.4 Å². The molecule has 0 saturated carbocycles. The van der Waals surface area contributed by atoms with Crippen molar-refractivity contribution in [2.24, 2.45) is 0 Å². The third-order valence-electron chi connectivity index (χ3n) is 5.21. The lowest BCUT2D eigenvalue weighted by atomic mass is 10.2. The van der Waals surface area contributed by atoms with Crippen molar-refractivity contribution >= 4 is 38.9 Å². The largest absolute Gasteiger partial charge is 0.497 e. The molecule has 0 bridgehead atoms. The van der Waals surface area contributed by atoms with E-state index in [1.807, 2.05) is 22.8 Å². The van der Waals surface area contributed by atoms with Gasteiger partial charge in [0.25, 0.3) is 5.56 Å². The second kappa shape index (κ2) is 9.39. The summed E-state index contributed by atoms with van der Waals surface area (Å²) in [5, 5.41) is 13.4. The van der Waals surface area contributed by atoms with Crippen molar-refractivity contribution in [3.05, 3.63) is 45.8 Å². The zero-order chi connectivity index (χ0) is 22.7. The van der Waals surface area contributed by atoms with Gasteiger partial charge in [-0.05, 0) is 36.4 Å². The first-order valence-electron chi connectivity index (χ1n) is 10.4. The number of hydrogen-bond donors (Lipinski definition) is 1. The summed E-state index contributed by atoms with van der Waals surface area (Å²) in [5.74, 6) is 2.36. The van der Waals surface area contributed by atoms with Crippen LogP contribution < -0.4 is 20.3 Å². The van der Waals surface area contributed by atoms with Crippen LogP contribution >= 0.6 is 11.3 Å². The highest BCUT2D eigenvalue weighted by atomic mass is 32.1. The molecule has 168 valence electrons. The summed E-state index contributed by atoms with van der Waals surface area (Å²) in [4.78, 5) is 25.3. The van der Waals surface area contributed by atoms with Crippen molar-refractivity contribution in [2.45, 2.75) is 39.2 Å². The van der Waals surface area contributed by atoms with Crippen LogP contribution in [-0.2, 0) is 17.8 Å². The number of anilines is 1. The Morgan fingerprint density at radius 3 is 2.78 bits per heavy atom. The molecule has 0 saturated heterocycles. The molecule has 0 radical (unpaired) electrons. The van der Waals surface area contributed by atoms with E-state index in [2.05, 4.69) is 15.5 Å².